The van der Waals surface area contributed by atoms with Gasteiger partial charge in [-0.25, -0.2) is 4.79 Å². The van der Waals surface area contributed by atoms with E-state index < -0.39 is 0 Å². The molecule has 29 heavy (non-hydrogen) atoms. The topological polar surface area (TPSA) is 50.4 Å². The number of hydrogen-bond acceptors (Lipinski definition) is 4. The lowest BCUT2D eigenvalue weighted by atomic mass is 10.1. The van der Waals surface area contributed by atoms with Gasteiger partial charge in [-0.1, -0.05) is 40.2 Å². The molecule has 4 rings (SSSR count). The Labute approximate surface area is 187 Å². The van der Waals surface area contributed by atoms with Crippen molar-refractivity contribution in [3.8, 4) is 0 Å². The summed E-state index contributed by atoms with van der Waals surface area (Å²) in [5.41, 5.74) is 2.66. The molecule has 2 aromatic carbocycles. The fourth-order valence-electron chi connectivity index (χ4n) is 3.61. The minimum absolute atomic E-state index is 0.161. The maximum atomic E-state index is 12.7. The Balaban J connectivity index is 1.60. The molecule has 0 atom stereocenters. The Bertz CT molecular complexity index is 1110. The molecule has 0 saturated heterocycles. The van der Waals surface area contributed by atoms with Crippen LogP contribution in [-0.4, -0.2) is 17.2 Å². The molecule has 0 aliphatic heterocycles. The van der Waals surface area contributed by atoms with Crippen molar-refractivity contribution in [1.29, 1.82) is 0 Å². The first-order valence-corrected chi connectivity index (χ1v) is 11.6. The van der Waals surface area contributed by atoms with Crippen LogP contribution < -0.4 is 10.6 Å². The molecule has 0 radical (unpaired) electrons. The zero-order valence-corrected chi connectivity index (χ0v) is 19.4. The van der Waals surface area contributed by atoms with Crippen molar-refractivity contribution in [1.82, 2.24) is 0 Å². The van der Waals surface area contributed by atoms with Gasteiger partial charge in [0.15, 0.2) is 5.11 Å². The number of nitrogens with one attached hydrogen (secondary N) is 2. The molecule has 0 unspecified atom stereocenters. The highest BCUT2D eigenvalue weighted by atomic mass is 79.9. The number of fused-ring (bicyclic) bond motifs is 2. The van der Waals surface area contributed by atoms with E-state index in [0.717, 1.165) is 50.8 Å². The van der Waals surface area contributed by atoms with Gasteiger partial charge in [-0.05, 0) is 68.4 Å². The molecule has 1 aromatic heterocycles. The van der Waals surface area contributed by atoms with Crippen LogP contribution in [0.25, 0.3) is 10.8 Å². The maximum Gasteiger partial charge on any atom is 0.341 e. The Kier molecular flexibility index (Phi) is 5.90. The summed E-state index contributed by atoms with van der Waals surface area (Å²) in [5, 5.41) is 9.93. The predicted octanol–water partition coefficient (Wildman–Crippen LogP) is 6.53. The van der Waals surface area contributed by atoms with E-state index in [2.05, 4.69) is 38.7 Å². The van der Waals surface area contributed by atoms with Crippen molar-refractivity contribution in [3.63, 3.8) is 0 Å². The largest absolute Gasteiger partial charge is 0.459 e. The quantitative estimate of drug-likeness (QED) is 0.323. The number of aryl methyl sites for hydroxylation is 1. The number of rotatable bonds is 4. The van der Waals surface area contributed by atoms with E-state index in [1.807, 2.05) is 38.1 Å². The van der Waals surface area contributed by atoms with E-state index in [9.17, 15) is 4.79 Å². The summed E-state index contributed by atoms with van der Waals surface area (Å²) in [6.45, 7) is 3.73. The van der Waals surface area contributed by atoms with Crippen LogP contribution in [0.1, 0.15) is 41.1 Å². The number of hydrogen-bond donors (Lipinski definition) is 2. The number of ether oxygens (including phenoxy) is 1. The summed E-state index contributed by atoms with van der Waals surface area (Å²) in [4.78, 5) is 14.0. The van der Waals surface area contributed by atoms with Gasteiger partial charge in [0.1, 0.15) is 5.00 Å². The van der Waals surface area contributed by atoms with E-state index in [1.54, 1.807) is 11.3 Å². The van der Waals surface area contributed by atoms with Crippen LogP contribution in [0.15, 0.2) is 40.9 Å². The van der Waals surface area contributed by atoms with Crippen molar-refractivity contribution in [3.05, 3.63) is 56.9 Å². The first kappa shape index (κ1) is 20.3. The molecule has 0 saturated carbocycles. The van der Waals surface area contributed by atoms with Crippen molar-refractivity contribution in [2.24, 2.45) is 0 Å². The highest BCUT2D eigenvalue weighted by Crippen LogP contribution is 2.40. The second kappa shape index (κ2) is 8.42. The monoisotopic (exact) mass is 488 g/mol. The van der Waals surface area contributed by atoms with Gasteiger partial charge in [0, 0.05) is 20.4 Å². The van der Waals surface area contributed by atoms with E-state index >= 15 is 0 Å². The Morgan fingerprint density at radius 3 is 2.66 bits per heavy atom. The molecule has 1 aliphatic rings. The number of esters is 1. The molecule has 4 nitrogen and oxygen atoms in total. The molecule has 2 N–H and O–H groups in total. The number of carbonyl (C=O) groups is 1. The lowest BCUT2D eigenvalue weighted by Gasteiger charge is -2.14. The fraction of sp³-hybridized carbons (Fsp3) is 0.273. The zero-order valence-electron chi connectivity index (χ0n) is 16.2. The standard InChI is InChI=1S/C22H21BrN2O2S2/c1-12(2)27-21(26)19-15-8-5-9-18(15)29-20(19)25-22(28)24-17-11-10-16(23)13-6-3-4-7-14(13)17/h3-4,6-7,10-12H,5,8-9H2,1-2H3,(H2,24,25,28). The van der Waals surface area contributed by atoms with Crippen LogP contribution in [0.5, 0.6) is 0 Å². The summed E-state index contributed by atoms with van der Waals surface area (Å²) in [6.07, 6.45) is 2.83. The van der Waals surface area contributed by atoms with E-state index in [4.69, 9.17) is 17.0 Å². The number of thiophene rings is 1. The highest BCUT2D eigenvalue weighted by Gasteiger charge is 2.28. The number of halogens is 1. The minimum Gasteiger partial charge on any atom is -0.459 e. The first-order valence-electron chi connectivity index (χ1n) is 9.55. The SMILES string of the molecule is CC(C)OC(=O)c1c(NC(=S)Nc2ccc(Br)c3ccccc23)sc2c1CCC2. The molecular formula is C22H21BrN2O2S2. The van der Waals surface area contributed by atoms with Gasteiger partial charge >= 0.3 is 5.97 Å². The fourth-order valence-corrected chi connectivity index (χ4v) is 5.65. The number of carbonyl (C=O) groups excluding carboxylic acids is 1. The van der Waals surface area contributed by atoms with Gasteiger partial charge in [0.25, 0.3) is 0 Å². The summed E-state index contributed by atoms with van der Waals surface area (Å²) in [6, 6.07) is 12.1. The molecule has 0 spiro atoms. The van der Waals surface area contributed by atoms with Gasteiger partial charge in [0.05, 0.1) is 11.7 Å². The number of thiocarbonyl (C=S) groups is 1. The molecule has 3 aromatic rings. The predicted molar refractivity (Wildman–Crippen MR) is 128 cm³/mol. The number of anilines is 2. The molecule has 1 aliphatic carbocycles. The van der Waals surface area contributed by atoms with E-state index in [1.165, 1.54) is 4.88 Å². The average molecular weight is 489 g/mol. The Hall–Kier alpha value is -1.96. The average Bonchev–Trinajstić information content (AvgIpc) is 3.24. The molecule has 0 fully saturated rings. The number of benzene rings is 2. The van der Waals surface area contributed by atoms with Crippen molar-refractivity contribution >= 4 is 72.0 Å². The van der Waals surface area contributed by atoms with Crippen molar-refractivity contribution in [2.45, 2.75) is 39.2 Å². The molecule has 1 heterocycles. The summed E-state index contributed by atoms with van der Waals surface area (Å²) >= 11 is 10.8. The van der Waals surface area contributed by atoms with Gasteiger partial charge in [0.2, 0.25) is 0 Å². The summed E-state index contributed by atoms with van der Waals surface area (Å²) in [5.74, 6) is -0.279. The minimum atomic E-state index is -0.279. The van der Waals surface area contributed by atoms with Gasteiger partial charge in [-0.2, -0.15) is 0 Å². The summed E-state index contributed by atoms with van der Waals surface area (Å²) in [7, 11) is 0. The molecule has 150 valence electrons. The van der Waals surface area contributed by atoms with Gasteiger partial charge < -0.3 is 15.4 Å². The van der Waals surface area contributed by atoms with Crippen molar-refractivity contribution < 1.29 is 9.53 Å². The van der Waals surface area contributed by atoms with Crippen LogP contribution in [-0.2, 0) is 17.6 Å². The summed E-state index contributed by atoms with van der Waals surface area (Å²) < 4.78 is 6.52. The smallest absolute Gasteiger partial charge is 0.341 e. The third-order valence-electron chi connectivity index (χ3n) is 4.81. The lowest BCUT2D eigenvalue weighted by Crippen LogP contribution is -2.21. The van der Waals surface area contributed by atoms with Gasteiger partial charge in [-0.15, -0.1) is 11.3 Å². The van der Waals surface area contributed by atoms with Crippen LogP contribution in [0, 0.1) is 0 Å². The van der Waals surface area contributed by atoms with E-state index in [0.29, 0.717) is 10.7 Å². The Morgan fingerprint density at radius 1 is 1.14 bits per heavy atom. The maximum absolute atomic E-state index is 12.7. The zero-order chi connectivity index (χ0) is 20.5. The van der Waals surface area contributed by atoms with Crippen LogP contribution in [0.3, 0.4) is 0 Å². The van der Waals surface area contributed by atoms with Crippen LogP contribution in [0.2, 0.25) is 0 Å². The lowest BCUT2D eigenvalue weighted by molar-refractivity contribution is 0.0378. The highest BCUT2D eigenvalue weighted by molar-refractivity contribution is 9.10. The molecular weight excluding hydrogens is 468 g/mol. The Morgan fingerprint density at radius 2 is 1.90 bits per heavy atom. The third-order valence-corrected chi connectivity index (χ3v) is 6.92. The second-order valence-electron chi connectivity index (χ2n) is 7.24. The van der Waals surface area contributed by atoms with E-state index in [-0.39, 0.29) is 12.1 Å². The molecule has 0 bridgehead atoms. The van der Waals surface area contributed by atoms with Crippen molar-refractivity contribution in [2.75, 3.05) is 10.6 Å². The third kappa shape index (κ3) is 4.17. The van der Waals surface area contributed by atoms with Gasteiger partial charge in [-0.3, -0.25) is 0 Å². The molecule has 0 amide bonds. The van der Waals surface area contributed by atoms with Crippen LogP contribution in [0.4, 0.5) is 10.7 Å². The molecule has 7 heteroatoms. The first-order chi connectivity index (χ1) is 13.9. The second-order valence-corrected chi connectivity index (χ2v) is 9.60. The normalized spacial score (nSPS) is 12.8. The van der Waals surface area contributed by atoms with Crippen LogP contribution >= 0.6 is 39.5 Å².